The van der Waals surface area contributed by atoms with Gasteiger partial charge >= 0.3 is 0 Å². The van der Waals surface area contributed by atoms with Crippen molar-refractivity contribution >= 4 is 108 Å². The second-order valence-electron chi connectivity index (χ2n) is 19.4. The van der Waals surface area contributed by atoms with Gasteiger partial charge in [0.15, 0.2) is 0 Å². The van der Waals surface area contributed by atoms with Crippen LogP contribution in [-0.4, -0.2) is 9.13 Å². The molecule has 0 aliphatic heterocycles. The minimum atomic E-state index is 1.09. The number of aromatic nitrogens is 2. The highest BCUT2D eigenvalue weighted by atomic mass is 32.1. The van der Waals surface area contributed by atoms with Crippen LogP contribution in [0.2, 0.25) is 0 Å². The molecule has 0 saturated heterocycles. The van der Waals surface area contributed by atoms with Crippen LogP contribution in [0.15, 0.2) is 158 Å². The zero-order valence-corrected chi connectivity index (χ0v) is 43.7. The Hall–Kier alpha value is -5.76. The summed E-state index contributed by atoms with van der Waals surface area (Å²) in [4.78, 5) is 5.35. The summed E-state index contributed by atoms with van der Waals surface area (Å²) in [5.74, 6) is 0. The molecule has 0 atom stereocenters. The molecule has 0 unspecified atom stereocenters. The molecule has 0 bridgehead atoms. The Kier molecular flexibility index (Phi) is 13.1. The van der Waals surface area contributed by atoms with E-state index in [0.29, 0.717) is 0 Å². The third-order valence-electron chi connectivity index (χ3n) is 14.7. The number of rotatable bonds is 19. The van der Waals surface area contributed by atoms with E-state index in [0.717, 1.165) is 13.1 Å². The third kappa shape index (κ3) is 8.87. The van der Waals surface area contributed by atoms with Gasteiger partial charge in [0.05, 0.1) is 0 Å². The van der Waals surface area contributed by atoms with E-state index in [-0.39, 0.29) is 0 Å². The van der Waals surface area contributed by atoms with Gasteiger partial charge in [-0.1, -0.05) is 175 Å². The highest BCUT2D eigenvalue weighted by Gasteiger charge is 2.17. The average Bonchev–Trinajstić information content (AvgIpc) is 4.26. The Balaban J connectivity index is 0.715. The fourth-order valence-electron chi connectivity index (χ4n) is 10.9. The summed E-state index contributed by atoms with van der Waals surface area (Å²) in [6.07, 6.45) is 15.8. The van der Waals surface area contributed by atoms with E-state index < -0.39 is 0 Å². The lowest BCUT2D eigenvalue weighted by molar-refractivity contribution is 0.571. The molecule has 0 aliphatic carbocycles. The maximum Gasteiger partial charge on any atom is 0.0491 e. The van der Waals surface area contributed by atoms with Crippen LogP contribution in [0, 0.1) is 0 Å². The topological polar surface area (TPSA) is 9.86 Å². The molecule has 6 heterocycles. The van der Waals surface area contributed by atoms with Gasteiger partial charge in [0, 0.05) is 95.0 Å². The smallest absolute Gasteiger partial charge is 0.0491 e. The maximum atomic E-state index is 2.56. The summed E-state index contributed by atoms with van der Waals surface area (Å²) in [6, 6.07) is 60.2. The van der Waals surface area contributed by atoms with E-state index in [1.807, 2.05) is 45.3 Å². The van der Waals surface area contributed by atoms with Crippen LogP contribution in [0.4, 0.5) is 0 Å². The van der Waals surface area contributed by atoms with E-state index in [9.17, 15) is 0 Å². The Labute approximate surface area is 428 Å². The molecule has 0 saturated carbocycles. The van der Waals surface area contributed by atoms with Crippen LogP contribution < -0.4 is 0 Å². The van der Waals surface area contributed by atoms with E-state index in [2.05, 4.69) is 181 Å². The summed E-state index contributed by atoms with van der Waals surface area (Å²) < 4.78 is 10.6. The van der Waals surface area contributed by atoms with E-state index in [4.69, 9.17) is 0 Å². The van der Waals surface area contributed by atoms with Crippen LogP contribution in [0.25, 0.3) is 115 Å². The molecule has 70 heavy (non-hydrogen) atoms. The number of fused-ring (bicyclic) bond motifs is 8. The van der Waals surface area contributed by atoms with Gasteiger partial charge in [0.1, 0.15) is 0 Å². The molecule has 6 aromatic carbocycles. The van der Waals surface area contributed by atoms with Gasteiger partial charge in [-0.05, 0) is 107 Å². The molecule has 12 rings (SSSR count). The number of aryl methyl sites for hydroxylation is 2. The first kappa shape index (κ1) is 45.4. The second-order valence-corrected chi connectivity index (χ2v) is 23.7. The Morgan fingerprint density at radius 2 is 0.600 bits per heavy atom. The summed E-state index contributed by atoms with van der Waals surface area (Å²) in [5.41, 5.74) is 13.1. The highest BCUT2D eigenvalue weighted by Crippen LogP contribution is 2.45. The third-order valence-corrected chi connectivity index (χ3v) is 19.5. The lowest BCUT2D eigenvalue weighted by atomic mass is 10.0. The van der Waals surface area contributed by atoms with Gasteiger partial charge < -0.3 is 9.13 Å². The molecule has 12 aromatic rings. The van der Waals surface area contributed by atoms with Gasteiger partial charge in [-0.25, -0.2) is 0 Å². The van der Waals surface area contributed by atoms with Crippen molar-refractivity contribution in [3.8, 4) is 52.9 Å². The van der Waals surface area contributed by atoms with Gasteiger partial charge in [-0.15, -0.1) is 45.3 Å². The van der Waals surface area contributed by atoms with Crippen molar-refractivity contribution < 1.29 is 0 Å². The molecule has 0 fully saturated rings. The second kappa shape index (κ2) is 20.2. The fraction of sp³-hybridized carbons (Fsp3) is 0.250. The number of thiophene rings is 4. The minimum absolute atomic E-state index is 1.09. The standard InChI is InChI=1S/C64H60N2S4/c1-3-5-7-9-11-17-35-65-53-21-15-13-19-49(53)51-37-47(31-33-55(51)65)59-41-63-61(69-59)39-57(67-63)45-27-23-43(24-28-45)44-25-29-46(30-26-44)58-40-62-64(68-58)42-60(70-62)48-32-34-56-52(38-48)50-20-14-16-22-54(50)66(56)36-18-12-10-8-6-4-2/h13-16,19-34,37-42H,3-12,17-18,35-36H2,1-2H3. The molecule has 0 radical (unpaired) electrons. The van der Waals surface area contributed by atoms with E-state index in [1.165, 1.54) is 192 Å². The van der Waals surface area contributed by atoms with Crippen LogP contribution in [0.5, 0.6) is 0 Å². The largest absolute Gasteiger partial charge is 0.340 e. The SMILES string of the molecule is CCCCCCCCn1c2ccccc2c2cc(-c3cc4sc(-c5ccc(-c6ccc(-c7cc8sc(-c9ccc%10c(c9)c9ccccc9n%10CCCCCCCC)cc8s7)cc6)cc5)cc4s3)ccc21. The molecular weight excluding hydrogens is 925 g/mol. The molecule has 0 aliphatic rings. The van der Waals surface area contributed by atoms with Gasteiger partial charge in [0.2, 0.25) is 0 Å². The number of hydrogen-bond acceptors (Lipinski definition) is 4. The average molecular weight is 985 g/mol. The van der Waals surface area contributed by atoms with Crippen LogP contribution in [0.3, 0.4) is 0 Å². The zero-order valence-electron chi connectivity index (χ0n) is 40.4. The summed E-state index contributed by atoms with van der Waals surface area (Å²) in [7, 11) is 0. The quantitative estimate of drug-likeness (QED) is 0.0715. The highest BCUT2D eigenvalue weighted by molar-refractivity contribution is 7.31. The Bertz CT molecular complexity index is 3440. The lowest BCUT2D eigenvalue weighted by Gasteiger charge is -2.08. The maximum absolute atomic E-state index is 2.56. The summed E-state index contributed by atoms with van der Waals surface area (Å²) in [6.45, 7) is 6.76. The molecule has 0 amide bonds. The van der Waals surface area contributed by atoms with Crippen molar-refractivity contribution in [3.63, 3.8) is 0 Å². The van der Waals surface area contributed by atoms with Crippen molar-refractivity contribution in [2.75, 3.05) is 0 Å². The minimum Gasteiger partial charge on any atom is -0.340 e. The predicted octanol–water partition coefficient (Wildman–Crippen LogP) is 21.5. The van der Waals surface area contributed by atoms with Crippen molar-refractivity contribution in [2.24, 2.45) is 0 Å². The lowest BCUT2D eigenvalue weighted by Crippen LogP contribution is -1.97. The van der Waals surface area contributed by atoms with Crippen LogP contribution >= 0.6 is 45.3 Å². The van der Waals surface area contributed by atoms with Crippen molar-refractivity contribution in [3.05, 3.63) is 158 Å². The Morgan fingerprint density at radius 3 is 1.00 bits per heavy atom. The predicted molar refractivity (Wildman–Crippen MR) is 313 cm³/mol. The Morgan fingerprint density at radius 1 is 0.286 bits per heavy atom. The van der Waals surface area contributed by atoms with Crippen LogP contribution in [0.1, 0.15) is 90.9 Å². The normalized spacial score (nSPS) is 12.1. The number of para-hydroxylation sites is 2. The molecule has 0 N–H and O–H groups in total. The molecular formula is C64H60N2S4. The first-order chi connectivity index (χ1) is 34.6. The van der Waals surface area contributed by atoms with Crippen molar-refractivity contribution in [1.82, 2.24) is 9.13 Å². The fourth-order valence-corrected chi connectivity index (χ4v) is 15.7. The van der Waals surface area contributed by atoms with E-state index in [1.54, 1.807) is 0 Å². The van der Waals surface area contributed by atoms with Crippen molar-refractivity contribution in [1.29, 1.82) is 0 Å². The first-order valence-electron chi connectivity index (χ1n) is 25.9. The monoisotopic (exact) mass is 984 g/mol. The van der Waals surface area contributed by atoms with Gasteiger partial charge in [0.25, 0.3) is 0 Å². The first-order valence-corrected chi connectivity index (χ1v) is 29.2. The zero-order chi connectivity index (χ0) is 47.0. The van der Waals surface area contributed by atoms with Gasteiger partial charge in [-0.2, -0.15) is 0 Å². The molecule has 2 nitrogen and oxygen atoms in total. The summed E-state index contributed by atoms with van der Waals surface area (Å²) >= 11 is 7.66. The molecule has 6 aromatic heterocycles. The summed E-state index contributed by atoms with van der Waals surface area (Å²) in [5, 5.41) is 5.47. The van der Waals surface area contributed by atoms with Crippen molar-refractivity contribution in [2.45, 2.75) is 104 Å². The number of hydrogen-bond donors (Lipinski definition) is 0. The molecule has 350 valence electrons. The van der Waals surface area contributed by atoms with Gasteiger partial charge in [-0.3, -0.25) is 0 Å². The number of benzene rings is 6. The number of nitrogens with zero attached hydrogens (tertiary/aromatic N) is 2. The molecule has 6 heteroatoms. The molecule has 0 spiro atoms. The van der Waals surface area contributed by atoms with E-state index >= 15 is 0 Å². The van der Waals surface area contributed by atoms with Crippen LogP contribution in [-0.2, 0) is 13.1 Å². The number of unbranched alkanes of at least 4 members (excludes halogenated alkanes) is 10.